The predicted molar refractivity (Wildman–Crippen MR) is 81.7 cm³/mol. The number of allylic oxidation sites excluding steroid dienone is 1. The summed E-state index contributed by atoms with van der Waals surface area (Å²) in [6.07, 6.45) is 4.60. The highest BCUT2D eigenvalue weighted by Gasteiger charge is 2.49. The van der Waals surface area contributed by atoms with Gasteiger partial charge in [-0.25, -0.2) is 0 Å². The molecule has 21 heavy (non-hydrogen) atoms. The van der Waals surface area contributed by atoms with Gasteiger partial charge in [0.2, 0.25) is 0 Å². The van der Waals surface area contributed by atoms with Crippen molar-refractivity contribution in [3.05, 3.63) is 40.5 Å². The maximum atomic E-state index is 11.9. The Balaban J connectivity index is 2.11. The van der Waals surface area contributed by atoms with Gasteiger partial charge in [0.25, 0.3) is 0 Å². The normalized spacial score (nSPS) is 26.9. The van der Waals surface area contributed by atoms with Crippen LogP contribution in [0.15, 0.2) is 23.8 Å². The average Bonchev–Trinajstić information content (AvgIpc) is 2.88. The van der Waals surface area contributed by atoms with Crippen LogP contribution in [-0.4, -0.2) is 24.6 Å². The summed E-state index contributed by atoms with van der Waals surface area (Å²) in [4.78, 5) is 11.9. The van der Waals surface area contributed by atoms with E-state index in [0.29, 0.717) is 0 Å². The van der Waals surface area contributed by atoms with Gasteiger partial charge in [0.05, 0.1) is 13.7 Å². The van der Waals surface area contributed by atoms with E-state index in [1.807, 2.05) is 12.1 Å². The lowest BCUT2D eigenvalue weighted by atomic mass is 9.62. The van der Waals surface area contributed by atoms with Gasteiger partial charge in [-0.1, -0.05) is 12.1 Å². The van der Waals surface area contributed by atoms with Crippen molar-refractivity contribution in [3.8, 4) is 5.75 Å². The van der Waals surface area contributed by atoms with Crippen molar-refractivity contribution in [2.75, 3.05) is 13.7 Å². The highest BCUT2D eigenvalue weighted by molar-refractivity contribution is 5.95. The second-order valence-electron chi connectivity index (χ2n) is 6.24. The van der Waals surface area contributed by atoms with E-state index in [9.17, 15) is 9.90 Å². The van der Waals surface area contributed by atoms with Crippen LogP contribution in [0.2, 0.25) is 0 Å². The van der Waals surface area contributed by atoms with E-state index in [1.165, 1.54) is 16.7 Å². The number of rotatable bonds is 3. The third-order valence-corrected chi connectivity index (χ3v) is 5.42. The molecule has 0 bridgehead atoms. The summed E-state index contributed by atoms with van der Waals surface area (Å²) in [5.41, 5.74) is 4.26. The van der Waals surface area contributed by atoms with Crippen LogP contribution < -0.4 is 4.74 Å². The van der Waals surface area contributed by atoms with E-state index in [0.717, 1.165) is 30.6 Å². The fourth-order valence-corrected chi connectivity index (χ4v) is 4.34. The SMILES string of the molecule is COc1ccc2c(c1C)CC[C@@]1(CO)C(C(C)=O)=CC[C@@H]21. The van der Waals surface area contributed by atoms with Gasteiger partial charge in [0.1, 0.15) is 5.75 Å². The Hall–Kier alpha value is -1.61. The molecular formula is C18H22O3. The van der Waals surface area contributed by atoms with Gasteiger partial charge >= 0.3 is 0 Å². The van der Waals surface area contributed by atoms with Gasteiger partial charge in [-0.05, 0) is 67.4 Å². The average molecular weight is 286 g/mol. The van der Waals surface area contributed by atoms with Crippen LogP contribution in [0.5, 0.6) is 5.75 Å². The minimum absolute atomic E-state index is 0.0492. The second kappa shape index (κ2) is 4.99. The van der Waals surface area contributed by atoms with Crippen LogP contribution in [0, 0.1) is 12.3 Å². The number of methoxy groups -OCH3 is 1. The summed E-state index contributed by atoms with van der Waals surface area (Å²) in [5.74, 6) is 1.23. The van der Waals surface area contributed by atoms with Crippen molar-refractivity contribution in [1.82, 2.24) is 0 Å². The highest BCUT2D eigenvalue weighted by Crippen LogP contribution is 2.56. The Morgan fingerprint density at radius 1 is 1.48 bits per heavy atom. The highest BCUT2D eigenvalue weighted by atomic mass is 16.5. The topological polar surface area (TPSA) is 46.5 Å². The number of aliphatic hydroxyl groups is 1. The van der Waals surface area contributed by atoms with Gasteiger partial charge in [0, 0.05) is 5.41 Å². The van der Waals surface area contributed by atoms with E-state index in [4.69, 9.17) is 4.74 Å². The van der Waals surface area contributed by atoms with Gasteiger partial charge < -0.3 is 9.84 Å². The zero-order valence-electron chi connectivity index (χ0n) is 12.9. The Morgan fingerprint density at radius 2 is 2.24 bits per heavy atom. The van der Waals surface area contributed by atoms with Crippen molar-refractivity contribution in [2.24, 2.45) is 5.41 Å². The first-order valence-corrected chi connectivity index (χ1v) is 7.54. The first kappa shape index (κ1) is 14.3. The van der Waals surface area contributed by atoms with E-state index in [2.05, 4.69) is 13.0 Å². The van der Waals surface area contributed by atoms with E-state index < -0.39 is 0 Å². The molecule has 0 heterocycles. The van der Waals surface area contributed by atoms with Crippen molar-refractivity contribution in [3.63, 3.8) is 0 Å². The molecule has 3 nitrogen and oxygen atoms in total. The van der Waals surface area contributed by atoms with Gasteiger partial charge in [-0.15, -0.1) is 0 Å². The number of benzene rings is 1. The lowest BCUT2D eigenvalue weighted by Gasteiger charge is -2.42. The van der Waals surface area contributed by atoms with Gasteiger partial charge in [0.15, 0.2) is 5.78 Å². The smallest absolute Gasteiger partial charge is 0.156 e. The van der Waals surface area contributed by atoms with Gasteiger partial charge in [-0.2, -0.15) is 0 Å². The van der Waals surface area contributed by atoms with Crippen LogP contribution in [0.25, 0.3) is 0 Å². The molecule has 1 N–H and O–H groups in total. The van der Waals surface area contributed by atoms with Crippen LogP contribution in [-0.2, 0) is 11.2 Å². The fourth-order valence-electron chi connectivity index (χ4n) is 4.34. The molecule has 0 saturated carbocycles. The van der Waals surface area contributed by atoms with Crippen molar-refractivity contribution in [2.45, 2.75) is 39.0 Å². The summed E-state index contributed by atoms with van der Waals surface area (Å²) < 4.78 is 5.42. The number of carbonyl (C=O) groups is 1. The molecule has 0 radical (unpaired) electrons. The molecule has 2 aliphatic carbocycles. The van der Waals surface area contributed by atoms with E-state index >= 15 is 0 Å². The van der Waals surface area contributed by atoms with E-state index in [-0.39, 0.29) is 23.7 Å². The number of carbonyl (C=O) groups excluding carboxylic acids is 1. The zero-order chi connectivity index (χ0) is 15.2. The third-order valence-electron chi connectivity index (χ3n) is 5.42. The van der Waals surface area contributed by atoms with Crippen molar-refractivity contribution < 1.29 is 14.6 Å². The summed E-state index contributed by atoms with van der Waals surface area (Å²) in [6, 6.07) is 4.12. The van der Waals surface area contributed by atoms with Gasteiger partial charge in [-0.3, -0.25) is 4.79 Å². The van der Waals surface area contributed by atoms with E-state index in [1.54, 1.807) is 14.0 Å². The molecular weight excluding hydrogens is 264 g/mol. The lowest BCUT2D eigenvalue weighted by Crippen LogP contribution is -2.38. The molecule has 3 rings (SSSR count). The Labute approximate surface area is 125 Å². The molecule has 3 heteroatoms. The molecule has 1 aromatic carbocycles. The molecule has 112 valence electrons. The number of hydrogen-bond acceptors (Lipinski definition) is 3. The molecule has 0 aromatic heterocycles. The molecule has 0 spiro atoms. The van der Waals surface area contributed by atoms with Crippen molar-refractivity contribution in [1.29, 1.82) is 0 Å². The number of ketones is 1. The standard InChI is InChI=1S/C18H22O3/c1-11-13-8-9-18(10-19)15(12(2)20)5-6-16(18)14(13)4-7-17(11)21-3/h4-5,7,16,19H,6,8-10H2,1-3H3/t16-,18+/m0/s1. The summed E-state index contributed by atoms with van der Waals surface area (Å²) in [5, 5.41) is 10.0. The molecule has 0 amide bonds. The minimum Gasteiger partial charge on any atom is -0.496 e. The predicted octanol–water partition coefficient (Wildman–Crippen LogP) is 2.93. The largest absolute Gasteiger partial charge is 0.496 e. The van der Waals surface area contributed by atoms with Crippen LogP contribution in [0.3, 0.4) is 0 Å². The molecule has 0 fully saturated rings. The number of fused-ring (bicyclic) bond motifs is 3. The first-order chi connectivity index (χ1) is 10.0. The maximum absolute atomic E-state index is 11.9. The molecule has 0 saturated heterocycles. The van der Waals surface area contributed by atoms with Crippen LogP contribution in [0.4, 0.5) is 0 Å². The Bertz CT molecular complexity index is 630. The third kappa shape index (κ3) is 1.87. The van der Waals surface area contributed by atoms with Crippen LogP contribution >= 0.6 is 0 Å². The summed E-state index contributed by atoms with van der Waals surface area (Å²) in [6.45, 7) is 3.76. The first-order valence-electron chi connectivity index (χ1n) is 7.54. The monoisotopic (exact) mass is 286 g/mol. The lowest BCUT2D eigenvalue weighted by molar-refractivity contribution is -0.115. The number of aliphatic hydroxyl groups excluding tert-OH is 1. The minimum atomic E-state index is -0.375. The van der Waals surface area contributed by atoms with Crippen LogP contribution in [0.1, 0.15) is 42.4 Å². The molecule has 0 unspecified atom stereocenters. The molecule has 2 aliphatic rings. The van der Waals surface area contributed by atoms with Crippen molar-refractivity contribution >= 4 is 5.78 Å². The Kier molecular flexibility index (Phi) is 3.40. The number of hydrogen-bond donors (Lipinski definition) is 1. The number of ether oxygens (including phenoxy) is 1. The quantitative estimate of drug-likeness (QED) is 0.929. The second-order valence-corrected chi connectivity index (χ2v) is 6.24. The zero-order valence-corrected chi connectivity index (χ0v) is 12.9. The number of Topliss-reactive ketones (excluding diaryl/α,β-unsaturated/α-hetero) is 1. The summed E-state index contributed by atoms with van der Waals surface area (Å²) >= 11 is 0. The molecule has 2 atom stereocenters. The maximum Gasteiger partial charge on any atom is 0.156 e. The molecule has 1 aromatic rings. The fraction of sp³-hybridized carbons (Fsp3) is 0.500. The molecule has 0 aliphatic heterocycles. The summed E-state index contributed by atoms with van der Waals surface area (Å²) in [7, 11) is 1.69. The Morgan fingerprint density at radius 3 is 2.86 bits per heavy atom.